The third-order valence-corrected chi connectivity index (χ3v) is 15.0. The van der Waals surface area contributed by atoms with Gasteiger partial charge >= 0.3 is 17.9 Å². The van der Waals surface area contributed by atoms with Crippen LogP contribution in [0.3, 0.4) is 0 Å². The maximum atomic E-state index is 13.0. The van der Waals surface area contributed by atoms with Gasteiger partial charge in [-0.1, -0.05) is 316 Å². The van der Waals surface area contributed by atoms with Crippen LogP contribution in [-0.4, -0.2) is 37.2 Å². The fourth-order valence-corrected chi connectivity index (χ4v) is 9.73. The van der Waals surface area contributed by atoms with Gasteiger partial charge in [0.25, 0.3) is 0 Å². The molecule has 0 N–H and O–H groups in total. The van der Waals surface area contributed by atoms with Crippen molar-refractivity contribution >= 4 is 17.9 Å². The van der Waals surface area contributed by atoms with E-state index < -0.39 is 6.10 Å². The van der Waals surface area contributed by atoms with Crippen molar-refractivity contribution in [2.45, 2.75) is 335 Å². The van der Waals surface area contributed by atoms with Crippen LogP contribution in [-0.2, 0) is 28.6 Å². The van der Waals surface area contributed by atoms with E-state index in [1.807, 2.05) is 0 Å². The summed E-state index contributed by atoms with van der Waals surface area (Å²) < 4.78 is 17.0. The molecule has 0 heterocycles. The highest BCUT2D eigenvalue weighted by molar-refractivity contribution is 5.71. The molecular formula is C77H130O6. The molecule has 0 spiro atoms. The van der Waals surface area contributed by atoms with Gasteiger partial charge in [0, 0.05) is 19.3 Å². The summed E-state index contributed by atoms with van der Waals surface area (Å²) in [5.41, 5.74) is 0. The average Bonchev–Trinajstić information content (AvgIpc) is 3.49. The minimum atomic E-state index is -0.794. The third-order valence-electron chi connectivity index (χ3n) is 15.0. The number of rotatable bonds is 63. The Morgan fingerprint density at radius 3 is 0.735 bits per heavy atom. The van der Waals surface area contributed by atoms with Crippen LogP contribution in [0.2, 0.25) is 0 Å². The van der Waals surface area contributed by atoms with E-state index in [9.17, 15) is 14.4 Å². The first kappa shape index (κ1) is 78.8. The second-order valence-electron chi connectivity index (χ2n) is 23.1. The topological polar surface area (TPSA) is 78.9 Å². The lowest BCUT2D eigenvalue weighted by Gasteiger charge is -2.18. The standard InChI is InChI=1S/C77H130O6/c1-4-7-10-13-16-19-22-25-28-30-32-34-35-36-37-38-39-40-41-43-44-46-49-52-55-58-61-64-67-70-76(79)82-73-74(72-81-75(78)69-66-63-60-57-54-51-48-27-24-21-18-15-12-9-6-3)83-77(80)71-68-65-62-59-56-53-50-47-45-42-33-31-29-26-23-20-17-14-11-8-5-2/h7,10,16,19,23,25-26,28,31-34,36-37,39-40,43-44,49,52,74H,4-6,8-9,11-15,17-18,20-22,24,27,29-30,35,38,41-42,45-48,50-51,53-73H2,1-3H3/b10-7-,19-16-,26-23-,28-25-,33-31-,34-32-,37-36-,40-39-,44-43-,52-49-. The van der Waals surface area contributed by atoms with E-state index in [2.05, 4.69) is 142 Å². The van der Waals surface area contributed by atoms with Gasteiger partial charge in [0.05, 0.1) is 0 Å². The minimum absolute atomic E-state index is 0.0870. The van der Waals surface area contributed by atoms with Crippen molar-refractivity contribution in [2.75, 3.05) is 13.2 Å². The number of hydrogen-bond acceptors (Lipinski definition) is 6. The molecule has 0 aromatic carbocycles. The van der Waals surface area contributed by atoms with Gasteiger partial charge in [0.15, 0.2) is 6.10 Å². The number of esters is 3. The highest BCUT2D eigenvalue weighted by Crippen LogP contribution is 2.16. The van der Waals surface area contributed by atoms with E-state index in [1.54, 1.807) is 0 Å². The molecule has 0 radical (unpaired) electrons. The van der Waals surface area contributed by atoms with Crippen molar-refractivity contribution in [1.82, 2.24) is 0 Å². The fourth-order valence-electron chi connectivity index (χ4n) is 9.73. The van der Waals surface area contributed by atoms with Crippen molar-refractivity contribution in [3.8, 4) is 0 Å². The Labute approximate surface area is 513 Å². The highest BCUT2D eigenvalue weighted by atomic mass is 16.6. The second-order valence-corrected chi connectivity index (χ2v) is 23.1. The minimum Gasteiger partial charge on any atom is -0.462 e. The molecular weight excluding hydrogens is 1020 g/mol. The van der Waals surface area contributed by atoms with Gasteiger partial charge in [-0.15, -0.1) is 0 Å². The molecule has 0 aliphatic rings. The van der Waals surface area contributed by atoms with Gasteiger partial charge in [0.2, 0.25) is 0 Å². The van der Waals surface area contributed by atoms with Crippen LogP contribution in [0, 0.1) is 0 Å². The molecule has 0 aromatic rings. The third kappa shape index (κ3) is 68.5. The van der Waals surface area contributed by atoms with Crippen LogP contribution in [0.1, 0.15) is 329 Å². The van der Waals surface area contributed by atoms with E-state index in [1.165, 1.54) is 161 Å². The van der Waals surface area contributed by atoms with E-state index in [-0.39, 0.29) is 31.1 Å². The normalized spacial score (nSPS) is 12.9. The Hall–Kier alpha value is -4.19. The first-order valence-corrected chi connectivity index (χ1v) is 35.0. The zero-order valence-corrected chi connectivity index (χ0v) is 54.4. The second kappa shape index (κ2) is 70.3. The van der Waals surface area contributed by atoms with Crippen molar-refractivity contribution in [2.24, 2.45) is 0 Å². The molecule has 0 amide bonds. The van der Waals surface area contributed by atoms with Gasteiger partial charge in [0.1, 0.15) is 13.2 Å². The lowest BCUT2D eigenvalue weighted by atomic mass is 10.0. The maximum absolute atomic E-state index is 13.0. The first-order valence-electron chi connectivity index (χ1n) is 35.0. The number of hydrogen-bond donors (Lipinski definition) is 0. The molecule has 0 bridgehead atoms. The number of carbonyl (C=O) groups excluding carboxylic acids is 3. The monoisotopic (exact) mass is 1150 g/mol. The molecule has 0 saturated heterocycles. The largest absolute Gasteiger partial charge is 0.462 e. The maximum Gasteiger partial charge on any atom is 0.306 e. The molecule has 1 atom stereocenters. The Balaban J connectivity index is 4.41. The van der Waals surface area contributed by atoms with Gasteiger partial charge < -0.3 is 14.2 Å². The number of ether oxygens (including phenoxy) is 3. The van der Waals surface area contributed by atoms with E-state index in [0.717, 1.165) is 128 Å². The van der Waals surface area contributed by atoms with Crippen LogP contribution in [0.4, 0.5) is 0 Å². The molecule has 0 aliphatic carbocycles. The van der Waals surface area contributed by atoms with E-state index in [0.29, 0.717) is 19.3 Å². The summed E-state index contributed by atoms with van der Waals surface area (Å²) >= 11 is 0. The van der Waals surface area contributed by atoms with Crippen molar-refractivity contribution in [3.05, 3.63) is 122 Å². The molecule has 0 aromatic heterocycles. The summed E-state index contributed by atoms with van der Waals surface area (Å²) in [4.78, 5) is 38.4. The average molecular weight is 1150 g/mol. The lowest BCUT2D eigenvalue weighted by molar-refractivity contribution is -0.167. The molecule has 6 nitrogen and oxygen atoms in total. The van der Waals surface area contributed by atoms with Crippen molar-refractivity contribution in [3.63, 3.8) is 0 Å². The number of allylic oxidation sites excluding steroid dienone is 20. The molecule has 0 saturated carbocycles. The van der Waals surface area contributed by atoms with Gasteiger partial charge in [-0.25, -0.2) is 0 Å². The van der Waals surface area contributed by atoms with Gasteiger partial charge in [-0.3, -0.25) is 14.4 Å². The number of unbranched alkanes of at least 4 members (excludes halogenated alkanes) is 32. The summed E-state index contributed by atoms with van der Waals surface area (Å²) in [6.07, 6.45) is 97.8. The van der Waals surface area contributed by atoms with E-state index >= 15 is 0 Å². The van der Waals surface area contributed by atoms with E-state index in [4.69, 9.17) is 14.2 Å². The summed E-state index contributed by atoms with van der Waals surface area (Å²) in [5, 5.41) is 0. The van der Waals surface area contributed by atoms with Crippen LogP contribution < -0.4 is 0 Å². The van der Waals surface area contributed by atoms with Crippen LogP contribution >= 0.6 is 0 Å². The van der Waals surface area contributed by atoms with Gasteiger partial charge in [-0.2, -0.15) is 0 Å². The molecule has 83 heavy (non-hydrogen) atoms. The van der Waals surface area contributed by atoms with Crippen LogP contribution in [0.15, 0.2) is 122 Å². The lowest BCUT2D eigenvalue weighted by Crippen LogP contribution is -2.30. The Morgan fingerprint density at radius 1 is 0.253 bits per heavy atom. The summed E-state index contributed by atoms with van der Waals surface area (Å²) in [6, 6.07) is 0. The zero-order valence-electron chi connectivity index (χ0n) is 54.4. The Bertz CT molecular complexity index is 1700. The van der Waals surface area contributed by atoms with Crippen LogP contribution in [0.25, 0.3) is 0 Å². The highest BCUT2D eigenvalue weighted by Gasteiger charge is 2.19. The molecule has 0 fully saturated rings. The molecule has 0 rings (SSSR count). The summed E-state index contributed by atoms with van der Waals surface area (Å²) in [5.74, 6) is -0.905. The smallest absolute Gasteiger partial charge is 0.306 e. The van der Waals surface area contributed by atoms with Gasteiger partial charge in [-0.05, 0) is 116 Å². The fraction of sp³-hybridized carbons (Fsp3) is 0.701. The van der Waals surface area contributed by atoms with Crippen molar-refractivity contribution in [1.29, 1.82) is 0 Å². The summed E-state index contributed by atoms with van der Waals surface area (Å²) in [7, 11) is 0. The predicted molar refractivity (Wildman–Crippen MR) is 362 cm³/mol. The Kier molecular flexibility index (Phi) is 66.7. The molecule has 6 heteroatoms. The first-order chi connectivity index (χ1) is 41.0. The SMILES string of the molecule is CC/C=C\C/C=C\C/C=C\C/C=C\C/C=C\C/C=C\C/C=C\C/C=C\CCCCCCC(=O)OCC(COC(=O)CCCCCCCCCCCCCCCCC)OC(=O)CCCCCCCCCCC/C=C\C/C=C\CCCCCCC. The summed E-state index contributed by atoms with van der Waals surface area (Å²) in [6.45, 7) is 6.53. The molecule has 1 unspecified atom stereocenters. The predicted octanol–water partition coefficient (Wildman–Crippen LogP) is 24.3. The number of carbonyl (C=O) groups is 3. The zero-order chi connectivity index (χ0) is 59.9. The Morgan fingerprint density at radius 2 is 0.470 bits per heavy atom. The molecule has 474 valence electrons. The van der Waals surface area contributed by atoms with Crippen molar-refractivity contribution < 1.29 is 28.6 Å². The quantitative estimate of drug-likeness (QED) is 0.0261. The van der Waals surface area contributed by atoms with Crippen LogP contribution in [0.5, 0.6) is 0 Å². The molecule has 0 aliphatic heterocycles.